The van der Waals surface area contributed by atoms with Crippen molar-refractivity contribution in [3.05, 3.63) is 28.2 Å². The molecule has 1 aromatic rings. The molecule has 0 bridgehead atoms. The number of halogens is 2. The Morgan fingerprint density at radius 3 is 2.43 bits per heavy atom. The van der Waals surface area contributed by atoms with Gasteiger partial charge in [0.2, 0.25) is 10.0 Å². The number of esters is 1. The van der Waals surface area contributed by atoms with E-state index in [4.69, 9.17) is 27.9 Å². The van der Waals surface area contributed by atoms with Crippen molar-refractivity contribution in [1.29, 1.82) is 0 Å². The number of hydrogen-bond acceptors (Lipinski definition) is 4. The van der Waals surface area contributed by atoms with Crippen LogP contribution in [-0.4, -0.2) is 38.4 Å². The number of carbonyl (C=O) groups excluding carboxylic acids is 1. The first-order valence-electron chi connectivity index (χ1n) is 6.42. The molecule has 1 aromatic carbocycles. The summed E-state index contributed by atoms with van der Waals surface area (Å²) in [4.78, 5) is 11.8. The summed E-state index contributed by atoms with van der Waals surface area (Å²) in [6, 6.07) is 3.31. The normalized spacial score (nSPS) is 20.2. The van der Waals surface area contributed by atoms with Crippen LogP contribution in [0, 0.1) is 0 Å². The first-order valence-corrected chi connectivity index (χ1v) is 8.61. The van der Waals surface area contributed by atoms with Crippen molar-refractivity contribution in [3.8, 4) is 0 Å². The molecule has 1 atom stereocenters. The topological polar surface area (TPSA) is 63.7 Å². The van der Waals surface area contributed by atoms with Crippen LogP contribution in [0.4, 0.5) is 0 Å². The van der Waals surface area contributed by atoms with Crippen molar-refractivity contribution in [2.45, 2.75) is 30.2 Å². The van der Waals surface area contributed by atoms with Gasteiger partial charge in [-0.25, -0.2) is 8.42 Å². The average molecular weight is 352 g/mol. The van der Waals surface area contributed by atoms with E-state index in [1.165, 1.54) is 29.6 Å². The number of methoxy groups -OCH3 is 1. The Hall–Kier alpha value is -0.820. The zero-order chi connectivity index (χ0) is 15.6. The lowest BCUT2D eigenvalue weighted by Gasteiger charge is -2.32. The SMILES string of the molecule is COC(=O)[C@H]1CCCCN1S(=O)(=O)c1cc(Cl)cc(Cl)c1. The van der Waals surface area contributed by atoms with Crippen LogP contribution in [0.25, 0.3) is 0 Å². The summed E-state index contributed by atoms with van der Waals surface area (Å²) in [5, 5.41) is 0.459. The largest absolute Gasteiger partial charge is 0.468 e. The second-order valence-corrected chi connectivity index (χ2v) is 7.52. The Bertz CT molecular complexity index is 627. The highest BCUT2D eigenvalue weighted by molar-refractivity contribution is 7.89. The summed E-state index contributed by atoms with van der Waals surface area (Å²) in [6.07, 6.45) is 1.92. The third-order valence-corrected chi connectivity index (χ3v) is 5.69. The fourth-order valence-electron chi connectivity index (χ4n) is 2.38. The fraction of sp³-hybridized carbons (Fsp3) is 0.462. The monoisotopic (exact) mass is 351 g/mol. The number of rotatable bonds is 3. The van der Waals surface area contributed by atoms with Crippen molar-refractivity contribution in [1.82, 2.24) is 4.31 Å². The standard InChI is InChI=1S/C13H15Cl2NO4S/c1-20-13(17)12-4-2-3-5-16(12)21(18,19)11-7-9(14)6-10(15)8-11/h6-8,12H,2-5H2,1H3/t12-/m1/s1. The minimum Gasteiger partial charge on any atom is -0.468 e. The van der Waals surface area contributed by atoms with E-state index < -0.39 is 22.0 Å². The van der Waals surface area contributed by atoms with E-state index in [-0.39, 0.29) is 21.5 Å². The van der Waals surface area contributed by atoms with Crippen LogP contribution in [0.5, 0.6) is 0 Å². The molecule has 116 valence electrons. The van der Waals surface area contributed by atoms with Gasteiger partial charge >= 0.3 is 5.97 Å². The van der Waals surface area contributed by atoms with Crippen LogP contribution in [0.15, 0.2) is 23.1 Å². The number of ether oxygens (including phenoxy) is 1. The molecule has 0 N–H and O–H groups in total. The minimum absolute atomic E-state index is 0.0178. The van der Waals surface area contributed by atoms with Gasteiger partial charge in [-0.1, -0.05) is 23.2 Å². The zero-order valence-electron chi connectivity index (χ0n) is 11.4. The van der Waals surface area contributed by atoms with Gasteiger partial charge in [0.05, 0.1) is 12.0 Å². The van der Waals surface area contributed by atoms with Gasteiger partial charge in [-0.05, 0) is 37.5 Å². The molecule has 0 saturated carbocycles. The molecule has 0 spiro atoms. The molecule has 21 heavy (non-hydrogen) atoms. The third kappa shape index (κ3) is 3.51. The number of benzene rings is 1. The molecule has 8 heteroatoms. The van der Waals surface area contributed by atoms with Crippen LogP contribution in [0.1, 0.15) is 19.3 Å². The maximum atomic E-state index is 12.7. The van der Waals surface area contributed by atoms with Gasteiger partial charge in [0.25, 0.3) is 0 Å². The van der Waals surface area contributed by atoms with Gasteiger partial charge in [-0.15, -0.1) is 0 Å². The van der Waals surface area contributed by atoms with E-state index in [0.717, 1.165) is 6.42 Å². The van der Waals surface area contributed by atoms with E-state index in [1.807, 2.05) is 0 Å². The molecular formula is C13H15Cl2NO4S. The quantitative estimate of drug-likeness (QED) is 0.785. The van der Waals surface area contributed by atoms with Crippen LogP contribution in [-0.2, 0) is 19.6 Å². The molecule has 0 radical (unpaired) electrons. The molecule has 0 unspecified atom stereocenters. The predicted octanol–water partition coefficient (Wildman–Crippen LogP) is 2.71. The maximum absolute atomic E-state index is 12.7. The Labute approximate surface area is 133 Å². The number of carbonyl (C=O) groups is 1. The lowest BCUT2D eigenvalue weighted by molar-refractivity contribution is -0.146. The average Bonchev–Trinajstić information content (AvgIpc) is 2.45. The molecule has 1 aliphatic heterocycles. The van der Waals surface area contributed by atoms with E-state index >= 15 is 0 Å². The highest BCUT2D eigenvalue weighted by atomic mass is 35.5. The molecule has 0 aromatic heterocycles. The third-order valence-electron chi connectivity index (χ3n) is 3.37. The Morgan fingerprint density at radius 2 is 1.86 bits per heavy atom. The second kappa shape index (κ2) is 6.52. The number of hydrogen-bond donors (Lipinski definition) is 0. The van der Waals surface area contributed by atoms with Crippen LogP contribution in [0.3, 0.4) is 0 Å². The van der Waals surface area contributed by atoms with Gasteiger partial charge in [0.15, 0.2) is 0 Å². The highest BCUT2D eigenvalue weighted by Crippen LogP contribution is 2.29. The van der Waals surface area contributed by atoms with Crippen LogP contribution in [0.2, 0.25) is 10.0 Å². The second-order valence-electron chi connectivity index (χ2n) is 4.76. The van der Waals surface area contributed by atoms with Gasteiger partial charge in [-0.2, -0.15) is 4.31 Å². The molecule has 0 amide bonds. The summed E-state index contributed by atoms with van der Waals surface area (Å²) in [7, 11) is -2.60. The zero-order valence-corrected chi connectivity index (χ0v) is 13.7. The Kier molecular flexibility index (Phi) is 5.14. The van der Waals surface area contributed by atoms with E-state index in [1.54, 1.807) is 0 Å². The Balaban J connectivity index is 2.42. The number of nitrogens with zero attached hydrogens (tertiary/aromatic N) is 1. The summed E-state index contributed by atoms with van der Waals surface area (Å²) in [5.74, 6) is -0.550. The molecule has 0 aliphatic carbocycles. The minimum atomic E-state index is -3.85. The number of sulfonamides is 1. The molecule has 5 nitrogen and oxygen atoms in total. The van der Waals surface area contributed by atoms with Gasteiger partial charge in [0.1, 0.15) is 6.04 Å². The molecule has 1 saturated heterocycles. The van der Waals surface area contributed by atoms with E-state index in [2.05, 4.69) is 0 Å². The van der Waals surface area contributed by atoms with Crippen molar-refractivity contribution in [2.75, 3.05) is 13.7 Å². The highest BCUT2D eigenvalue weighted by Gasteiger charge is 2.38. The van der Waals surface area contributed by atoms with Crippen LogP contribution < -0.4 is 0 Å². The molecule has 1 aliphatic rings. The maximum Gasteiger partial charge on any atom is 0.324 e. The number of piperidine rings is 1. The summed E-state index contributed by atoms with van der Waals surface area (Å²) in [6.45, 7) is 0.270. The van der Waals surface area contributed by atoms with Crippen molar-refractivity contribution in [2.24, 2.45) is 0 Å². The van der Waals surface area contributed by atoms with Crippen LogP contribution >= 0.6 is 23.2 Å². The lowest BCUT2D eigenvalue weighted by Crippen LogP contribution is -2.48. The lowest BCUT2D eigenvalue weighted by atomic mass is 10.1. The smallest absolute Gasteiger partial charge is 0.324 e. The first kappa shape index (κ1) is 16.5. The first-order chi connectivity index (χ1) is 9.86. The van der Waals surface area contributed by atoms with Gasteiger partial charge in [0, 0.05) is 16.6 Å². The molecule has 1 fully saturated rings. The molecular weight excluding hydrogens is 337 g/mol. The molecule has 2 rings (SSSR count). The van der Waals surface area contributed by atoms with Crippen molar-refractivity contribution >= 4 is 39.2 Å². The summed E-state index contributed by atoms with van der Waals surface area (Å²) < 4.78 is 31.3. The van der Waals surface area contributed by atoms with Crippen molar-refractivity contribution < 1.29 is 17.9 Å². The van der Waals surface area contributed by atoms with E-state index in [9.17, 15) is 13.2 Å². The summed E-state index contributed by atoms with van der Waals surface area (Å²) >= 11 is 11.7. The predicted molar refractivity (Wildman–Crippen MR) is 80.0 cm³/mol. The van der Waals surface area contributed by atoms with Gasteiger partial charge in [-0.3, -0.25) is 4.79 Å². The van der Waals surface area contributed by atoms with Gasteiger partial charge < -0.3 is 4.74 Å². The Morgan fingerprint density at radius 1 is 1.24 bits per heavy atom. The fourth-order valence-corrected chi connectivity index (χ4v) is 4.75. The molecule has 1 heterocycles. The van der Waals surface area contributed by atoms with Crippen molar-refractivity contribution in [3.63, 3.8) is 0 Å². The van der Waals surface area contributed by atoms with E-state index in [0.29, 0.717) is 12.8 Å². The summed E-state index contributed by atoms with van der Waals surface area (Å²) in [5.41, 5.74) is 0.